The van der Waals surface area contributed by atoms with E-state index in [0.29, 0.717) is 29.7 Å². The lowest BCUT2D eigenvalue weighted by molar-refractivity contribution is 0.251. The number of pyridine rings is 1. The molecule has 0 unspecified atom stereocenters. The highest BCUT2D eigenvalue weighted by molar-refractivity contribution is 6.30. The van der Waals surface area contributed by atoms with E-state index in [0.717, 1.165) is 22.2 Å². The average molecular weight is 360 g/mol. The molecule has 0 spiro atoms. The number of carbonyl (C=O) groups is 1. The van der Waals surface area contributed by atoms with Crippen molar-refractivity contribution < 1.29 is 9.53 Å². The average Bonchev–Trinajstić information content (AvgIpc) is 3.03. The summed E-state index contributed by atoms with van der Waals surface area (Å²) in [5.41, 5.74) is 2.52. The molecule has 0 aliphatic rings. The number of anilines is 1. The number of nitrogens with one attached hydrogen (secondary N) is 3. The lowest BCUT2D eigenvalue weighted by Crippen LogP contribution is -2.28. The van der Waals surface area contributed by atoms with Gasteiger partial charge in [0.25, 0.3) is 0 Å². The highest BCUT2D eigenvalue weighted by Gasteiger charge is 2.14. The molecule has 0 bridgehead atoms. The van der Waals surface area contributed by atoms with Crippen LogP contribution in [-0.4, -0.2) is 28.3 Å². The fraction of sp³-hybridized carbons (Fsp3) is 0.235. The van der Waals surface area contributed by atoms with Crippen LogP contribution in [0.25, 0.3) is 10.9 Å². The second-order valence-electron chi connectivity index (χ2n) is 5.40. The quantitative estimate of drug-likeness (QED) is 0.650. The number of nitrogens with zero attached hydrogens (tertiary/aromatic N) is 2. The van der Waals surface area contributed by atoms with E-state index in [1.165, 1.54) is 0 Å². The summed E-state index contributed by atoms with van der Waals surface area (Å²) >= 11 is 5.85. The van der Waals surface area contributed by atoms with Crippen molar-refractivity contribution in [2.75, 3.05) is 12.4 Å². The summed E-state index contributed by atoms with van der Waals surface area (Å²) in [5, 5.41) is 14.0. The minimum Gasteiger partial charge on any atom is -0.479 e. The number of aryl methyl sites for hydroxylation is 1. The number of fused-ring (bicyclic) bond motifs is 1. The molecular formula is C17H18ClN5O2. The monoisotopic (exact) mass is 359 g/mol. The van der Waals surface area contributed by atoms with Crippen molar-refractivity contribution >= 4 is 34.4 Å². The van der Waals surface area contributed by atoms with Gasteiger partial charge in [0.1, 0.15) is 5.82 Å². The Bertz CT molecular complexity index is 892. The number of halogens is 1. The first-order chi connectivity index (χ1) is 12.1. The van der Waals surface area contributed by atoms with Crippen molar-refractivity contribution in [3.05, 3.63) is 46.6 Å². The number of H-pyrrole nitrogens is 1. The number of ether oxygens (including phenoxy) is 1. The van der Waals surface area contributed by atoms with Crippen LogP contribution in [0, 0.1) is 0 Å². The van der Waals surface area contributed by atoms with Crippen molar-refractivity contribution in [3.8, 4) is 5.88 Å². The number of rotatable bonds is 5. The third-order valence-corrected chi connectivity index (χ3v) is 3.97. The van der Waals surface area contributed by atoms with Crippen LogP contribution in [0.1, 0.15) is 18.2 Å². The third-order valence-electron chi connectivity index (χ3n) is 3.72. The predicted octanol–water partition coefficient (Wildman–Crippen LogP) is 3.50. The Kier molecular flexibility index (Phi) is 5.04. The van der Waals surface area contributed by atoms with Crippen molar-refractivity contribution in [1.82, 2.24) is 20.5 Å². The summed E-state index contributed by atoms with van der Waals surface area (Å²) in [4.78, 5) is 16.6. The first-order valence-corrected chi connectivity index (χ1v) is 8.19. The molecule has 1 aromatic carbocycles. The summed E-state index contributed by atoms with van der Waals surface area (Å²) < 4.78 is 5.24. The van der Waals surface area contributed by atoms with Gasteiger partial charge in [0.2, 0.25) is 5.88 Å². The van der Waals surface area contributed by atoms with E-state index in [-0.39, 0.29) is 6.03 Å². The Morgan fingerprint density at radius 3 is 2.76 bits per heavy atom. The second kappa shape index (κ2) is 7.40. The molecule has 7 nitrogen and oxygen atoms in total. The van der Waals surface area contributed by atoms with Gasteiger partial charge in [-0.05, 0) is 24.1 Å². The maximum atomic E-state index is 12.1. The Morgan fingerprint density at radius 2 is 2.08 bits per heavy atom. The lowest BCUT2D eigenvalue weighted by Gasteiger charge is -2.09. The lowest BCUT2D eigenvalue weighted by atomic mass is 10.2. The van der Waals surface area contributed by atoms with Gasteiger partial charge in [0, 0.05) is 17.6 Å². The van der Waals surface area contributed by atoms with Crippen molar-refractivity contribution in [2.45, 2.75) is 19.9 Å². The number of benzene rings is 1. The maximum Gasteiger partial charge on any atom is 0.320 e. The normalized spacial score (nSPS) is 10.7. The SMILES string of the molecule is CCc1nc(NC(=O)NCc2ccc(Cl)cc2)cc2[nH]nc(OC)c12. The number of aromatic amines is 1. The van der Waals surface area contributed by atoms with Crippen LogP contribution < -0.4 is 15.4 Å². The molecule has 0 fully saturated rings. The van der Waals surface area contributed by atoms with E-state index >= 15 is 0 Å². The summed E-state index contributed by atoms with van der Waals surface area (Å²) in [6.07, 6.45) is 0.689. The minimum atomic E-state index is -0.338. The zero-order valence-corrected chi connectivity index (χ0v) is 14.6. The van der Waals surface area contributed by atoms with Crippen LogP contribution in [0.15, 0.2) is 30.3 Å². The summed E-state index contributed by atoms with van der Waals surface area (Å²) in [7, 11) is 1.56. The van der Waals surface area contributed by atoms with E-state index in [2.05, 4.69) is 25.8 Å². The molecular weight excluding hydrogens is 342 g/mol. The van der Waals surface area contributed by atoms with Gasteiger partial charge in [-0.15, -0.1) is 5.10 Å². The predicted molar refractivity (Wildman–Crippen MR) is 97.1 cm³/mol. The number of hydrogen-bond donors (Lipinski definition) is 3. The van der Waals surface area contributed by atoms with Crippen molar-refractivity contribution in [3.63, 3.8) is 0 Å². The molecule has 0 saturated carbocycles. The van der Waals surface area contributed by atoms with Gasteiger partial charge < -0.3 is 10.1 Å². The molecule has 2 aromatic heterocycles. The standard InChI is InChI=1S/C17H18ClN5O2/c1-3-12-15-13(22-23-16(15)25-2)8-14(20-12)21-17(24)19-9-10-4-6-11(18)7-5-10/h4-8H,3,9H2,1-2H3,(H,22,23)(H2,19,20,21,24). The second-order valence-corrected chi connectivity index (χ2v) is 5.83. The van der Waals surface area contributed by atoms with E-state index in [4.69, 9.17) is 16.3 Å². The van der Waals surface area contributed by atoms with Gasteiger partial charge >= 0.3 is 6.03 Å². The Morgan fingerprint density at radius 1 is 1.32 bits per heavy atom. The molecule has 3 N–H and O–H groups in total. The van der Waals surface area contributed by atoms with E-state index in [1.807, 2.05) is 19.1 Å². The number of hydrogen-bond acceptors (Lipinski definition) is 4. The highest BCUT2D eigenvalue weighted by Crippen LogP contribution is 2.27. The van der Waals surface area contributed by atoms with Crippen LogP contribution in [0.2, 0.25) is 5.02 Å². The Balaban J connectivity index is 1.71. The van der Waals surface area contributed by atoms with Crippen LogP contribution in [0.4, 0.5) is 10.6 Å². The number of amides is 2. The van der Waals surface area contributed by atoms with E-state index in [9.17, 15) is 4.79 Å². The molecule has 0 aliphatic heterocycles. The van der Waals surface area contributed by atoms with Crippen LogP contribution >= 0.6 is 11.6 Å². The van der Waals surface area contributed by atoms with Gasteiger partial charge in [0.15, 0.2) is 0 Å². The molecule has 0 aliphatic carbocycles. The van der Waals surface area contributed by atoms with Crippen molar-refractivity contribution in [2.24, 2.45) is 0 Å². The van der Waals surface area contributed by atoms with Gasteiger partial charge in [-0.25, -0.2) is 9.78 Å². The summed E-state index contributed by atoms with van der Waals surface area (Å²) in [6, 6.07) is 8.68. The Hall–Kier alpha value is -2.80. The molecule has 3 rings (SSSR count). The highest BCUT2D eigenvalue weighted by atomic mass is 35.5. The molecule has 0 atom stereocenters. The smallest absolute Gasteiger partial charge is 0.320 e. The minimum absolute atomic E-state index is 0.338. The Labute approximate surface area is 149 Å². The maximum absolute atomic E-state index is 12.1. The molecule has 25 heavy (non-hydrogen) atoms. The van der Waals surface area contributed by atoms with E-state index in [1.54, 1.807) is 25.3 Å². The zero-order chi connectivity index (χ0) is 17.8. The summed E-state index contributed by atoms with van der Waals surface area (Å²) in [6.45, 7) is 2.38. The number of urea groups is 1. The summed E-state index contributed by atoms with van der Waals surface area (Å²) in [5.74, 6) is 0.947. The van der Waals surface area contributed by atoms with Gasteiger partial charge in [-0.2, -0.15) is 0 Å². The largest absolute Gasteiger partial charge is 0.479 e. The first kappa shape index (κ1) is 17.0. The van der Waals surface area contributed by atoms with Crippen LogP contribution in [0.3, 0.4) is 0 Å². The molecule has 0 saturated heterocycles. The molecule has 2 heterocycles. The topological polar surface area (TPSA) is 91.9 Å². The van der Waals surface area contributed by atoms with Gasteiger partial charge in [-0.3, -0.25) is 10.4 Å². The van der Waals surface area contributed by atoms with Crippen molar-refractivity contribution in [1.29, 1.82) is 0 Å². The van der Waals surface area contributed by atoms with Gasteiger partial charge in [0.05, 0.1) is 23.7 Å². The number of methoxy groups -OCH3 is 1. The third kappa shape index (κ3) is 3.83. The van der Waals surface area contributed by atoms with Gasteiger partial charge in [-0.1, -0.05) is 30.7 Å². The van der Waals surface area contributed by atoms with Crippen LogP contribution in [0.5, 0.6) is 5.88 Å². The van der Waals surface area contributed by atoms with Crippen LogP contribution in [-0.2, 0) is 13.0 Å². The fourth-order valence-corrected chi connectivity index (χ4v) is 2.63. The van der Waals surface area contributed by atoms with E-state index < -0.39 is 0 Å². The zero-order valence-electron chi connectivity index (χ0n) is 13.9. The fourth-order valence-electron chi connectivity index (χ4n) is 2.50. The molecule has 130 valence electrons. The molecule has 8 heteroatoms. The molecule has 3 aromatic rings. The number of aromatic nitrogens is 3. The molecule has 2 amide bonds. The number of carbonyl (C=O) groups excluding carboxylic acids is 1. The molecule has 0 radical (unpaired) electrons. The first-order valence-electron chi connectivity index (χ1n) is 7.82.